The molecule has 1 aliphatic heterocycles. The first-order valence-electron chi connectivity index (χ1n) is 9.96. The zero-order chi connectivity index (χ0) is 23.4. The highest BCUT2D eigenvalue weighted by Gasteiger charge is 2.30. The fourth-order valence-electron chi connectivity index (χ4n) is 3.00. The van der Waals surface area contributed by atoms with Crippen LogP contribution >= 0.6 is 11.8 Å². The number of aromatic carboxylic acids is 1. The lowest BCUT2D eigenvalue weighted by Crippen LogP contribution is -2.23. The quantitative estimate of drug-likeness (QED) is 0.501. The molecule has 1 aliphatic rings. The van der Waals surface area contributed by atoms with Crippen LogP contribution in [0.4, 0.5) is 10.1 Å². The molecule has 0 aliphatic carbocycles. The summed E-state index contributed by atoms with van der Waals surface area (Å²) in [5.74, 6) is -0.798. The third kappa shape index (κ3) is 5.48. The van der Waals surface area contributed by atoms with Gasteiger partial charge in [0.2, 0.25) is 0 Å². The van der Waals surface area contributed by atoms with E-state index in [0.717, 1.165) is 11.1 Å². The van der Waals surface area contributed by atoms with Crippen LogP contribution in [0.1, 0.15) is 21.5 Å². The SMILES string of the molecule is CN1C(=O)/C(=C/c2ccc(OCc3ccc(F)cc3)cc2)SC1=Nc1ccc(C(=O)O)cc1. The molecule has 8 heteroatoms. The van der Waals surface area contributed by atoms with Crippen molar-refractivity contribution >= 4 is 40.6 Å². The van der Waals surface area contributed by atoms with Crippen molar-refractivity contribution in [3.63, 3.8) is 0 Å². The minimum Gasteiger partial charge on any atom is -0.489 e. The van der Waals surface area contributed by atoms with E-state index >= 15 is 0 Å². The summed E-state index contributed by atoms with van der Waals surface area (Å²) in [6.07, 6.45) is 1.78. The summed E-state index contributed by atoms with van der Waals surface area (Å²) < 4.78 is 18.7. The topological polar surface area (TPSA) is 79.2 Å². The number of halogens is 1. The zero-order valence-corrected chi connectivity index (χ0v) is 18.4. The average Bonchev–Trinajstić information content (AvgIpc) is 3.07. The van der Waals surface area contributed by atoms with Crippen molar-refractivity contribution in [3.8, 4) is 5.75 Å². The predicted molar refractivity (Wildman–Crippen MR) is 126 cm³/mol. The van der Waals surface area contributed by atoms with Crippen LogP contribution in [-0.2, 0) is 11.4 Å². The molecule has 166 valence electrons. The van der Waals surface area contributed by atoms with Crippen LogP contribution in [0.5, 0.6) is 5.75 Å². The maximum absolute atomic E-state index is 13.0. The monoisotopic (exact) mass is 462 g/mol. The van der Waals surface area contributed by atoms with Gasteiger partial charge in [-0.3, -0.25) is 9.69 Å². The van der Waals surface area contributed by atoms with E-state index in [1.54, 1.807) is 37.4 Å². The number of carbonyl (C=O) groups excluding carboxylic acids is 1. The van der Waals surface area contributed by atoms with E-state index in [2.05, 4.69) is 4.99 Å². The molecule has 1 heterocycles. The van der Waals surface area contributed by atoms with Gasteiger partial charge in [-0.05, 0) is 77.5 Å². The number of hydrogen-bond donors (Lipinski definition) is 1. The van der Waals surface area contributed by atoms with Gasteiger partial charge in [0.15, 0.2) is 5.17 Å². The highest BCUT2D eigenvalue weighted by atomic mass is 32.2. The number of carboxylic acid groups (broad SMARTS) is 1. The van der Waals surface area contributed by atoms with Gasteiger partial charge in [0.05, 0.1) is 16.2 Å². The zero-order valence-electron chi connectivity index (χ0n) is 17.6. The predicted octanol–water partition coefficient (Wildman–Crippen LogP) is 5.34. The van der Waals surface area contributed by atoms with Crippen LogP contribution in [0.2, 0.25) is 0 Å². The normalized spacial score (nSPS) is 15.9. The van der Waals surface area contributed by atoms with Crippen LogP contribution in [0.15, 0.2) is 82.7 Å². The molecule has 3 aromatic carbocycles. The molecule has 33 heavy (non-hydrogen) atoms. The number of amides is 1. The summed E-state index contributed by atoms with van der Waals surface area (Å²) in [5, 5.41) is 9.51. The minimum absolute atomic E-state index is 0.169. The number of nitrogens with zero attached hydrogens (tertiary/aromatic N) is 2. The molecule has 1 N–H and O–H groups in total. The van der Waals surface area contributed by atoms with Gasteiger partial charge in [0.1, 0.15) is 18.2 Å². The first kappa shape index (κ1) is 22.3. The lowest BCUT2D eigenvalue weighted by molar-refractivity contribution is -0.121. The van der Waals surface area contributed by atoms with Crippen molar-refractivity contribution in [2.24, 2.45) is 4.99 Å². The maximum atomic E-state index is 13.0. The second kappa shape index (κ2) is 9.70. The largest absolute Gasteiger partial charge is 0.489 e. The van der Waals surface area contributed by atoms with E-state index < -0.39 is 5.97 Å². The molecule has 0 atom stereocenters. The van der Waals surface area contributed by atoms with E-state index in [1.807, 2.05) is 24.3 Å². The molecule has 1 fully saturated rings. The minimum atomic E-state index is -1.01. The average molecular weight is 463 g/mol. The number of likely N-dealkylation sites (N-methyl/N-ethyl adjacent to an activating group) is 1. The number of carboxylic acids is 1. The first-order valence-corrected chi connectivity index (χ1v) is 10.8. The van der Waals surface area contributed by atoms with Gasteiger partial charge in [0.25, 0.3) is 5.91 Å². The number of aliphatic imine (C=N–C) groups is 1. The summed E-state index contributed by atoms with van der Waals surface area (Å²) >= 11 is 1.25. The fourth-order valence-corrected chi connectivity index (χ4v) is 3.99. The van der Waals surface area contributed by atoms with Gasteiger partial charge in [0, 0.05) is 7.05 Å². The number of rotatable bonds is 6. The van der Waals surface area contributed by atoms with E-state index in [4.69, 9.17) is 9.84 Å². The summed E-state index contributed by atoms with van der Waals surface area (Å²) in [4.78, 5) is 30.1. The number of benzene rings is 3. The van der Waals surface area contributed by atoms with Crippen LogP contribution in [0, 0.1) is 5.82 Å². The van der Waals surface area contributed by atoms with Crippen molar-refractivity contribution in [2.75, 3.05) is 7.05 Å². The second-order valence-electron chi connectivity index (χ2n) is 7.21. The van der Waals surface area contributed by atoms with Gasteiger partial charge >= 0.3 is 5.97 Å². The summed E-state index contributed by atoms with van der Waals surface area (Å²) in [5.41, 5.74) is 2.43. The van der Waals surface area contributed by atoms with Gasteiger partial charge in [-0.25, -0.2) is 14.2 Å². The van der Waals surface area contributed by atoms with E-state index in [9.17, 15) is 14.0 Å². The first-order chi connectivity index (χ1) is 15.9. The maximum Gasteiger partial charge on any atom is 0.335 e. The molecule has 1 amide bonds. The van der Waals surface area contributed by atoms with Crippen molar-refractivity contribution < 1.29 is 23.8 Å². The van der Waals surface area contributed by atoms with E-state index in [-0.39, 0.29) is 17.3 Å². The number of carbonyl (C=O) groups is 2. The Morgan fingerprint density at radius 3 is 2.36 bits per heavy atom. The van der Waals surface area contributed by atoms with Crippen LogP contribution in [-0.4, -0.2) is 34.1 Å². The smallest absolute Gasteiger partial charge is 0.335 e. The Morgan fingerprint density at radius 2 is 1.73 bits per heavy atom. The molecule has 6 nitrogen and oxygen atoms in total. The van der Waals surface area contributed by atoms with Crippen LogP contribution in [0.3, 0.4) is 0 Å². The van der Waals surface area contributed by atoms with Gasteiger partial charge < -0.3 is 9.84 Å². The molecule has 0 radical (unpaired) electrons. The third-order valence-electron chi connectivity index (χ3n) is 4.84. The fraction of sp³-hybridized carbons (Fsp3) is 0.0800. The standard InChI is InChI=1S/C25H19FN2O4S/c1-28-23(29)22(33-25(28)27-20-10-6-18(7-11-20)24(30)31)14-16-4-12-21(13-5-16)32-15-17-2-8-19(26)9-3-17/h2-14H,15H2,1H3,(H,30,31)/b22-14-,27-25?. The van der Waals surface area contributed by atoms with Crippen LogP contribution in [0.25, 0.3) is 6.08 Å². The molecule has 1 saturated heterocycles. The van der Waals surface area contributed by atoms with E-state index in [0.29, 0.717) is 28.1 Å². The molecule has 4 rings (SSSR count). The molecule has 0 saturated carbocycles. The van der Waals surface area contributed by atoms with Crippen molar-refractivity contribution in [3.05, 3.63) is 100 Å². The van der Waals surface area contributed by atoms with Crippen LogP contribution < -0.4 is 4.74 Å². The van der Waals surface area contributed by atoms with E-state index in [1.165, 1.54) is 40.9 Å². The Balaban J connectivity index is 1.43. The van der Waals surface area contributed by atoms with Gasteiger partial charge in [-0.15, -0.1) is 0 Å². The number of thioether (sulfide) groups is 1. The Kier molecular flexibility index (Phi) is 6.55. The summed E-state index contributed by atoms with van der Waals surface area (Å²) in [6.45, 7) is 0.327. The van der Waals surface area contributed by atoms with Crippen molar-refractivity contribution in [1.29, 1.82) is 0 Å². The van der Waals surface area contributed by atoms with Gasteiger partial charge in [-0.1, -0.05) is 24.3 Å². The third-order valence-corrected chi connectivity index (χ3v) is 5.90. The van der Waals surface area contributed by atoms with Crippen molar-refractivity contribution in [1.82, 2.24) is 4.90 Å². The molecule has 0 spiro atoms. The lowest BCUT2D eigenvalue weighted by Gasteiger charge is -2.07. The van der Waals surface area contributed by atoms with Gasteiger partial charge in [-0.2, -0.15) is 0 Å². The summed E-state index contributed by atoms with van der Waals surface area (Å²) in [7, 11) is 1.65. The molecule has 3 aromatic rings. The number of ether oxygens (including phenoxy) is 1. The number of hydrogen-bond acceptors (Lipinski definition) is 5. The molecule has 0 bridgehead atoms. The highest BCUT2D eigenvalue weighted by Crippen LogP contribution is 2.33. The second-order valence-corrected chi connectivity index (χ2v) is 8.21. The lowest BCUT2D eigenvalue weighted by atomic mass is 10.2. The molecular formula is C25H19FN2O4S. The number of amidine groups is 1. The summed E-state index contributed by atoms with van der Waals surface area (Å²) in [6, 6.07) is 19.6. The Labute approximate surface area is 194 Å². The molecule has 0 aromatic heterocycles. The Hall–Kier alpha value is -3.91. The van der Waals surface area contributed by atoms with Crippen molar-refractivity contribution in [2.45, 2.75) is 6.61 Å². The molecule has 0 unspecified atom stereocenters. The highest BCUT2D eigenvalue weighted by molar-refractivity contribution is 8.18. The molecular weight excluding hydrogens is 443 g/mol. The Bertz CT molecular complexity index is 1240. The Morgan fingerprint density at radius 1 is 1.06 bits per heavy atom.